The van der Waals surface area contributed by atoms with E-state index in [0.717, 1.165) is 16.7 Å². The predicted molar refractivity (Wildman–Crippen MR) is 122 cm³/mol. The van der Waals surface area contributed by atoms with E-state index < -0.39 is 0 Å². The zero-order valence-corrected chi connectivity index (χ0v) is 17.2. The van der Waals surface area contributed by atoms with Crippen LogP contribution < -0.4 is 25.9 Å². The Kier molecular flexibility index (Phi) is 5.31. The van der Waals surface area contributed by atoms with Crippen molar-refractivity contribution in [3.8, 4) is 22.8 Å². The molecule has 2 heterocycles. The highest BCUT2D eigenvalue weighted by molar-refractivity contribution is 5.94. The summed E-state index contributed by atoms with van der Waals surface area (Å²) in [5.74, 6) is 1.76. The zero-order valence-electron chi connectivity index (χ0n) is 17.2. The molecule has 0 bridgehead atoms. The first-order valence-electron chi connectivity index (χ1n) is 10.3. The van der Waals surface area contributed by atoms with Crippen molar-refractivity contribution < 1.29 is 18.7 Å². The molecule has 3 N–H and O–H groups in total. The molecule has 0 aliphatic carbocycles. The van der Waals surface area contributed by atoms with Crippen LogP contribution in [0.2, 0.25) is 0 Å². The third kappa shape index (κ3) is 3.93. The Morgan fingerprint density at radius 2 is 1.72 bits per heavy atom. The molecule has 32 heavy (non-hydrogen) atoms. The fourth-order valence-electron chi connectivity index (χ4n) is 3.56. The van der Waals surface area contributed by atoms with Crippen LogP contribution in [0.25, 0.3) is 22.3 Å². The van der Waals surface area contributed by atoms with E-state index in [1.165, 1.54) is 0 Å². The van der Waals surface area contributed by atoms with E-state index >= 15 is 0 Å². The first-order chi connectivity index (χ1) is 15.7. The number of rotatable bonds is 4. The normalized spacial score (nSPS) is 13.2. The number of hydrogen-bond acceptors (Lipinski definition) is 6. The SMILES string of the molecule is NCC(=O)Nc1ccccc1/N=c1\cc(-c2ccc3c(c2)OCCO3)oc2ccccc12. The second-order valence-corrected chi connectivity index (χ2v) is 7.23. The number of anilines is 1. The molecular formula is C25H21N3O4. The van der Waals surface area contributed by atoms with Crippen LogP contribution in [0.1, 0.15) is 0 Å². The summed E-state index contributed by atoms with van der Waals surface area (Å²) in [6, 6.07) is 22.6. The van der Waals surface area contributed by atoms with Gasteiger partial charge in [0.15, 0.2) is 11.5 Å². The largest absolute Gasteiger partial charge is 0.486 e. The number of ether oxygens (including phenoxy) is 2. The number of benzene rings is 3. The topological polar surface area (TPSA) is 99.1 Å². The first kappa shape index (κ1) is 19.8. The fourth-order valence-corrected chi connectivity index (χ4v) is 3.56. The molecule has 3 aromatic carbocycles. The standard InChI is InChI=1S/C25H21N3O4/c26-15-25(29)28-19-7-3-2-6-18(19)27-20-14-23(32-21-8-4-1-5-17(20)21)16-9-10-22-24(13-16)31-12-11-30-22/h1-10,13-14H,11-12,15,26H2,(H,28,29)/b27-20+. The van der Waals surface area contributed by atoms with E-state index in [9.17, 15) is 4.79 Å². The lowest BCUT2D eigenvalue weighted by atomic mass is 10.1. The minimum atomic E-state index is -0.280. The van der Waals surface area contributed by atoms with Crippen LogP contribution in [0, 0.1) is 0 Å². The van der Waals surface area contributed by atoms with Gasteiger partial charge in [-0.25, -0.2) is 4.99 Å². The van der Waals surface area contributed by atoms with Crippen LogP contribution in [0.15, 0.2) is 82.2 Å². The van der Waals surface area contributed by atoms with Crippen molar-refractivity contribution in [2.75, 3.05) is 25.1 Å². The van der Waals surface area contributed by atoms with Crippen molar-refractivity contribution in [2.24, 2.45) is 10.7 Å². The van der Waals surface area contributed by atoms with Crippen LogP contribution in [0.4, 0.5) is 11.4 Å². The molecule has 1 aliphatic rings. The lowest BCUT2D eigenvalue weighted by Crippen LogP contribution is -2.21. The number of carbonyl (C=O) groups is 1. The number of fused-ring (bicyclic) bond motifs is 2. The van der Waals surface area contributed by atoms with Crippen molar-refractivity contribution in [3.05, 3.63) is 78.2 Å². The van der Waals surface area contributed by atoms with Gasteiger partial charge in [-0.3, -0.25) is 4.79 Å². The summed E-state index contributed by atoms with van der Waals surface area (Å²) in [6.07, 6.45) is 0. The second kappa shape index (κ2) is 8.56. The zero-order chi connectivity index (χ0) is 21.9. The monoisotopic (exact) mass is 427 g/mol. The number of nitrogens with zero attached hydrogens (tertiary/aromatic N) is 1. The highest BCUT2D eigenvalue weighted by atomic mass is 16.6. The van der Waals surface area contributed by atoms with E-state index in [1.807, 2.05) is 66.7 Å². The Morgan fingerprint density at radius 3 is 2.59 bits per heavy atom. The van der Waals surface area contributed by atoms with Gasteiger partial charge in [-0.1, -0.05) is 24.3 Å². The molecular weight excluding hydrogens is 406 g/mol. The molecule has 4 aromatic rings. The number of nitrogens with two attached hydrogens (primary N) is 1. The smallest absolute Gasteiger partial charge is 0.238 e. The molecule has 1 amide bonds. The van der Waals surface area contributed by atoms with Crippen molar-refractivity contribution in [3.63, 3.8) is 0 Å². The Balaban J connectivity index is 1.67. The molecule has 7 heteroatoms. The quantitative estimate of drug-likeness (QED) is 0.513. The van der Waals surface area contributed by atoms with Crippen LogP contribution >= 0.6 is 0 Å². The van der Waals surface area contributed by atoms with E-state index in [0.29, 0.717) is 47.0 Å². The molecule has 0 fully saturated rings. The fraction of sp³-hybridized carbons (Fsp3) is 0.120. The Morgan fingerprint density at radius 1 is 0.938 bits per heavy atom. The van der Waals surface area contributed by atoms with E-state index in [4.69, 9.17) is 24.6 Å². The maximum Gasteiger partial charge on any atom is 0.238 e. The molecule has 0 radical (unpaired) electrons. The van der Waals surface area contributed by atoms with Gasteiger partial charge in [-0.05, 0) is 42.5 Å². The lowest BCUT2D eigenvalue weighted by molar-refractivity contribution is -0.114. The molecule has 0 atom stereocenters. The van der Waals surface area contributed by atoms with Gasteiger partial charge in [0.1, 0.15) is 24.6 Å². The van der Waals surface area contributed by atoms with Crippen molar-refractivity contribution in [1.29, 1.82) is 0 Å². The Bertz CT molecular complexity index is 1380. The van der Waals surface area contributed by atoms with Gasteiger partial charge < -0.3 is 24.9 Å². The minimum Gasteiger partial charge on any atom is -0.486 e. The summed E-state index contributed by atoms with van der Waals surface area (Å²) in [6.45, 7) is 0.947. The number of carbonyl (C=O) groups excluding carboxylic acids is 1. The number of amides is 1. The van der Waals surface area contributed by atoms with Gasteiger partial charge in [0, 0.05) is 17.0 Å². The van der Waals surface area contributed by atoms with Gasteiger partial charge in [-0.2, -0.15) is 0 Å². The van der Waals surface area contributed by atoms with Gasteiger partial charge in [0.2, 0.25) is 5.91 Å². The van der Waals surface area contributed by atoms with Crippen molar-refractivity contribution >= 4 is 28.3 Å². The molecule has 0 saturated heterocycles. The lowest BCUT2D eigenvalue weighted by Gasteiger charge is -2.18. The molecule has 1 aliphatic heterocycles. The molecule has 1 aromatic heterocycles. The molecule has 5 rings (SSSR count). The average Bonchev–Trinajstić information content (AvgIpc) is 2.84. The highest BCUT2D eigenvalue weighted by Gasteiger charge is 2.14. The summed E-state index contributed by atoms with van der Waals surface area (Å²) < 4.78 is 17.5. The number of hydrogen-bond donors (Lipinski definition) is 2. The first-order valence-corrected chi connectivity index (χ1v) is 10.3. The van der Waals surface area contributed by atoms with Gasteiger partial charge in [-0.15, -0.1) is 0 Å². The maximum atomic E-state index is 11.8. The third-order valence-electron chi connectivity index (χ3n) is 5.08. The number of para-hydroxylation sites is 3. The highest BCUT2D eigenvalue weighted by Crippen LogP contribution is 2.35. The summed E-state index contributed by atoms with van der Waals surface area (Å²) >= 11 is 0. The van der Waals surface area contributed by atoms with E-state index in [2.05, 4.69) is 5.32 Å². The second-order valence-electron chi connectivity index (χ2n) is 7.23. The molecule has 0 spiro atoms. The Labute approximate surface area is 184 Å². The van der Waals surface area contributed by atoms with Crippen LogP contribution in [0.3, 0.4) is 0 Å². The maximum absolute atomic E-state index is 11.8. The molecule has 0 saturated carbocycles. The third-order valence-corrected chi connectivity index (χ3v) is 5.08. The molecule has 160 valence electrons. The predicted octanol–water partition coefficient (Wildman–Crippen LogP) is 4.00. The van der Waals surface area contributed by atoms with Gasteiger partial charge in [0.25, 0.3) is 0 Å². The molecule has 7 nitrogen and oxygen atoms in total. The van der Waals surface area contributed by atoms with Crippen LogP contribution in [-0.2, 0) is 4.79 Å². The van der Waals surface area contributed by atoms with Gasteiger partial charge in [0.05, 0.1) is 23.3 Å². The molecule has 0 unspecified atom stereocenters. The van der Waals surface area contributed by atoms with Crippen LogP contribution in [-0.4, -0.2) is 25.7 Å². The minimum absolute atomic E-state index is 0.101. The van der Waals surface area contributed by atoms with E-state index in [1.54, 1.807) is 6.07 Å². The number of nitrogens with one attached hydrogen (secondary N) is 1. The Hall–Kier alpha value is -4.10. The van der Waals surface area contributed by atoms with Crippen molar-refractivity contribution in [1.82, 2.24) is 0 Å². The van der Waals surface area contributed by atoms with Crippen molar-refractivity contribution in [2.45, 2.75) is 0 Å². The average molecular weight is 427 g/mol. The summed E-state index contributed by atoms with van der Waals surface area (Å²) in [5.41, 5.74) is 8.22. The summed E-state index contributed by atoms with van der Waals surface area (Å²) in [4.78, 5) is 16.7. The van der Waals surface area contributed by atoms with Crippen LogP contribution in [0.5, 0.6) is 11.5 Å². The van der Waals surface area contributed by atoms with Gasteiger partial charge >= 0.3 is 0 Å². The summed E-state index contributed by atoms with van der Waals surface area (Å²) in [7, 11) is 0. The van der Waals surface area contributed by atoms with E-state index in [-0.39, 0.29) is 12.5 Å². The summed E-state index contributed by atoms with van der Waals surface area (Å²) in [5, 5.41) is 4.37.